The van der Waals surface area contributed by atoms with Crippen LogP contribution >= 0.6 is 0 Å². The SMILES string of the molecule is O=C(/C=C/C(=O)c1ccc2c(c1)OCC2)NC1CCC1. The van der Waals surface area contributed by atoms with Crippen LogP contribution in [0.5, 0.6) is 5.75 Å². The van der Waals surface area contributed by atoms with Crippen molar-refractivity contribution in [2.24, 2.45) is 0 Å². The zero-order valence-electron chi connectivity index (χ0n) is 11.2. The number of ketones is 1. The zero-order chi connectivity index (χ0) is 13.9. The highest BCUT2D eigenvalue weighted by Gasteiger charge is 2.18. The first-order valence-electron chi connectivity index (χ1n) is 7.01. The Morgan fingerprint density at radius 1 is 1.25 bits per heavy atom. The first kappa shape index (κ1) is 12.9. The Morgan fingerprint density at radius 3 is 2.85 bits per heavy atom. The maximum Gasteiger partial charge on any atom is 0.244 e. The Kier molecular flexibility index (Phi) is 3.54. The van der Waals surface area contributed by atoms with E-state index in [1.54, 1.807) is 12.1 Å². The second kappa shape index (κ2) is 5.49. The average Bonchev–Trinajstić information content (AvgIpc) is 2.87. The van der Waals surface area contributed by atoms with Crippen LogP contribution in [0.25, 0.3) is 0 Å². The second-order valence-corrected chi connectivity index (χ2v) is 5.25. The van der Waals surface area contributed by atoms with Gasteiger partial charge in [-0.15, -0.1) is 0 Å². The lowest BCUT2D eigenvalue weighted by Crippen LogP contribution is -2.38. The lowest BCUT2D eigenvalue weighted by Gasteiger charge is -2.25. The number of hydrogen-bond acceptors (Lipinski definition) is 3. The van der Waals surface area contributed by atoms with Gasteiger partial charge in [-0.3, -0.25) is 9.59 Å². The summed E-state index contributed by atoms with van der Waals surface area (Å²) in [4.78, 5) is 23.6. The molecule has 0 aromatic heterocycles. The van der Waals surface area contributed by atoms with Gasteiger partial charge in [-0.2, -0.15) is 0 Å². The summed E-state index contributed by atoms with van der Waals surface area (Å²) in [5.74, 6) is 0.413. The van der Waals surface area contributed by atoms with Gasteiger partial charge in [0.1, 0.15) is 5.75 Å². The predicted octanol–water partition coefficient (Wildman–Crippen LogP) is 2.03. The van der Waals surface area contributed by atoms with Gasteiger partial charge in [0, 0.05) is 24.1 Å². The van der Waals surface area contributed by atoms with E-state index in [-0.39, 0.29) is 17.7 Å². The van der Waals surface area contributed by atoms with Crippen LogP contribution in [0.1, 0.15) is 35.2 Å². The molecular weight excluding hydrogens is 254 g/mol. The molecule has 4 nitrogen and oxygen atoms in total. The standard InChI is InChI=1S/C16H17NO3/c18-14(6-7-16(19)17-13-2-1-3-13)12-5-4-11-8-9-20-15(11)10-12/h4-7,10,13H,1-3,8-9H2,(H,17,19)/b7-6+. The van der Waals surface area contributed by atoms with Gasteiger partial charge in [0.2, 0.25) is 5.91 Å². The zero-order valence-corrected chi connectivity index (χ0v) is 11.2. The summed E-state index contributed by atoms with van der Waals surface area (Å²) < 4.78 is 5.43. The summed E-state index contributed by atoms with van der Waals surface area (Å²) in [6.07, 6.45) is 6.77. The highest BCUT2D eigenvalue weighted by molar-refractivity contribution is 6.07. The van der Waals surface area contributed by atoms with Gasteiger partial charge < -0.3 is 10.1 Å². The molecule has 0 bridgehead atoms. The molecule has 20 heavy (non-hydrogen) atoms. The minimum absolute atomic E-state index is 0.174. The normalized spacial score (nSPS) is 17.4. The molecule has 1 aliphatic carbocycles. The van der Waals surface area contributed by atoms with Crippen LogP contribution in [-0.2, 0) is 11.2 Å². The van der Waals surface area contributed by atoms with Crippen molar-refractivity contribution in [2.75, 3.05) is 6.61 Å². The number of carbonyl (C=O) groups excluding carboxylic acids is 2. The number of benzene rings is 1. The number of amides is 1. The summed E-state index contributed by atoms with van der Waals surface area (Å²) >= 11 is 0. The van der Waals surface area contributed by atoms with E-state index >= 15 is 0 Å². The number of fused-ring (bicyclic) bond motifs is 1. The molecule has 3 rings (SSSR count). The molecule has 0 radical (unpaired) electrons. The fourth-order valence-corrected chi connectivity index (χ4v) is 2.37. The predicted molar refractivity (Wildman–Crippen MR) is 74.9 cm³/mol. The van der Waals surface area contributed by atoms with Crippen molar-refractivity contribution in [1.82, 2.24) is 5.32 Å². The molecule has 1 aromatic carbocycles. The van der Waals surface area contributed by atoms with Crippen molar-refractivity contribution in [2.45, 2.75) is 31.7 Å². The molecule has 0 spiro atoms. The first-order valence-corrected chi connectivity index (χ1v) is 7.01. The van der Waals surface area contributed by atoms with E-state index in [2.05, 4.69) is 5.32 Å². The molecule has 1 fully saturated rings. The van der Waals surface area contributed by atoms with Gasteiger partial charge in [0.25, 0.3) is 0 Å². The third-order valence-electron chi connectivity index (χ3n) is 3.82. The number of nitrogens with one attached hydrogen (secondary N) is 1. The van der Waals surface area contributed by atoms with E-state index in [9.17, 15) is 9.59 Å². The number of allylic oxidation sites excluding steroid dienone is 1. The van der Waals surface area contributed by atoms with Crippen molar-refractivity contribution in [3.05, 3.63) is 41.5 Å². The molecule has 1 heterocycles. The van der Waals surface area contributed by atoms with Crippen LogP contribution in [0.15, 0.2) is 30.4 Å². The molecule has 0 saturated heterocycles. The molecule has 4 heteroatoms. The molecule has 1 amide bonds. The van der Waals surface area contributed by atoms with Crippen molar-refractivity contribution in [3.8, 4) is 5.75 Å². The molecule has 2 aliphatic rings. The molecule has 0 atom stereocenters. The Bertz CT molecular complexity index is 573. The van der Waals surface area contributed by atoms with E-state index in [1.807, 2.05) is 6.07 Å². The first-order chi connectivity index (χ1) is 9.72. The highest BCUT2D eigenvalue weighted by atomic mass is 16.5. The smallest absolute Gasteiger partial charge is 0.244 e. The molecule has 1 aromatic rings. The van der Waals surface area contributed by atoms with Crippen LogP contribution in [0.3, 0.4) is 0 Å². The van der Waals surface area contributed by atoms with E-state index in [0.717, 1.165) is 30.6 Å². The lowest BCUT2D eigenvalue weighted by atomic mass is 9.93. The van der Waals surface area contributed by atoms with Gasteiger partial charge in [-0.25, -0.2) is 0 Å². The number of ether oxygens (including phenoxy) is 1. The van der Waals surface area contributed by atoms with Crippen LogP contribution in [0.4, 0.5) is 0 Å². The largest absolute Gasteiger partial charge is 0.493 e. The van der Waals surface area contributed by atoms with E-state index in [1.165, 1.54) is 18.6 Å². The van der Waals surface area contributed by atoms with Gasteiger partial charge in [-0.05, 0) is 37.0 Å². The summed E-state index contributed by atoms with van der Waals surface area (Å²) in [5.41, 5.74) is 1.69. The summed E-state index contributed by atoms with van der Waals surface area (Å²) in [5, 5.41) is 2.86. The van der Waals surface area contributed by atoms with Crippen LogP contribution in [0.2, 0.25) is 0 Å². The topological polar surface area (TPSA) is 55.4 Å². The Balaban J connectivity index is 1.62. The summed E-state index contributed by atoms with van der Waals surface area (Å²) in [6.45, 7) is 0.673. The summed E-state index contributed by atoms with van der Waals surface area (Å²) in [6, 6.07) is 5.73. The third kappa shape index (κ3) is 2.74. The number of hydrogen-bond donors (Lipinski definition) is 1. The van der Waals surface area contributed by atoms with Gasteiger partial charge in [-0.1, -0.05) is 12.1 Å². The van der Waals surface area contributed by atoms with Gasteiger partial charge in [0.05, 0.1) is 6.61 Å². The second-order valence-electron chi connectivity index (χ2n) is 5.25. The van der Waals surface area contributed by atoms with Gasteiger partial charge >= 0.3 is 0 Å². The average molecular weight is 271 g/mol. The van der Waals surface area contributed by atoms with Crippen LogP contribution in [0, 0.1) is 0 Å². The molecule has 104 valence electrons. The Labute approximate surface area is 117 Å². The van der Waals surface area contributed by atoms with Crippen molar-refractivity contribution < 1.29 is 14.3 Å². The van der Waals surface area contributed by atoms with E-state index in [4.69, 9.17) is 4.74 Å². The molecule has 1 N–H and O–H groups in total. The van der Waals surface area contributed by atoms with E-state index < -0.39 is 0 Å². The molecule has 0 unspecified atom stereocenters. The molecular formula is C16H17NO3. The number of carbonyl (C=O) groups is 2. The Hall–Kier alpha value is -2.10. The number of rotatable bonds is 4. The maximum atomic E-state index is 12.0. The van der Waals surface area contributed by atoms with Crippen LogP contribution in [-0.4, -0.2) is 24.3 Å². The minimum Gasteiger partial charge on any atom is -0.493 e. The molecule has 1 saturated carbocycles. The lowest BCUT2D eigenvalue weighted by molar-refractivity contribution is -0.117. The molecule has 1 aliphatic heterocycles. The van der Waals surface area contributed by atoms with E-state index in [0.29, 0.717) is 12.2 Å². The van der Waals surface area contributed by atoms with Crippen molar-refractivity contribution in [3.63, 3.8) is 0 Å². The highest BCUT2D eigenvalue weighted by Crippen LogP contribution is 2.26. The monoisotopic (exact) mass is 271 g/mol. The van der Waals surface area contributed by atoms with Crippen molar-refractivity contribution in [1.29, 1.82) is 0 Å². The van der Waals surface area contributed by atoms with Crippen molar-refractivity contribution >= 4 is 11.7 Å². The maximum absolute atomic E-state index is 12.0. The fourth-order valence-electron chi connectivity index (χ4n) is 2.37. The quantitative estimate of drug-likeness (QED) is 0.673. The summed E-state index contributed by atoms with van der Waals surface area (Å²) in [7, 11) is 0. The van der Waals surface area contributed by atoms with Crippen LogP contribution < -0.4 is 10.1 Å². The minimum atomic E-state index is -0.194. The Morgan fingerprint density at radius 2 is 2.10 bits per heavy atom. The third-order valence-corrected chi connectivity index (χ3v) is 3.82. The van der Waals surface area contributed by atoms with Gasteiger partial charge in [0.15, 0.2) is 5.78 Å². The fraction of sp³-hybridized carbons (Fsp3) is 0.375.